The molecule has 4 aromatic rings. The van der Waals surface area contributed by atoms with E-state index in [-0.39, 0.29) is 37.5 Å². The highest BCUT2D eigenvalue weighted by Crippen LogP contribution is 2.13. The molecule has 0 amide bonds. The van der Waals surface area contributed by atoms with Crippen molar-refractivity contribution in [2.24, 2.45) is 0 Å². The summed E-state index contributed by atoms with van der Waals surface area (Å²) in [6, 6.07) is 15.6. The number of carbonyl (C=O) groups is 1. The number of ether oxygens (including phenoxy) is 1. The van der Waals surface area contributed by atoms with Crippen LogP contribution in [0.5, 0.6) is 0 Å². The Balaban J connectivity index is 1.50. The van der Waals surface area contributed by atoms with Crippen LogP contribution in [-0.4, -0.2) is 20.1 Å². The number of nitrogens with zero attached hydrogens (tertiary/aromatic N) is 4. The van der Waals surface area contributed by atoms with Gasteiger partial charge in [0, 0.05) is 6.54 Å². The van der Waals surface area contributed by atoms with Gasteiger partial charge in [-0.05, 0) is 24.3 Å². The van der Waals surface area contributed by atoms with Crippen molar-refractivity contribution in [3.63, 3.8) is 0 Å². The summed E-state index contributed by atoms with van der Waals surface area (Å²) in [4.78, 5) is 41.2. The first kappa shape index (κ1) is 19.1. The Morgan fingerprint density at radius 3 is 2.70 bits per heavy atom. The minimum atomic E-state index is -0.571. The summed E-state index contributed by atoms with van der Waals surface area (Å²) in [6.07, 6.45) is -0.0699. The topological polar surface area (TPSA) is 120 Å². The predicted molar refractivity (Wildman–Crippen MR) is 107 cm³/mol. The molecule has 2 aromatic heterocycles. The van der Waals surface area contributed by atoms with Crippen molar-refractivity contribution >= 4 is 28.0 Å². The molecule has 0 atom stereocenters. The molecule has 0 saturated carbocycles. The number of esters is 1. The highest BCUT2D eigenvalue weighted by molar-refractivity contribution is 5.77. The molecule has 0 N–H and O–H groups in total. The molecule has 150 valence electrons. The van der Waals surface area contributed by atoms with Crippen LogP contribution in [0, 0.1) is 11.3 Å². The van der Waals surface area contributed by atoms with Crippen molar-refractivity contribution in [2.45, 2.75) is 26.1 Å². The fourth-order valence-electron chi connectivity index (χ4n) is 3.20. The molecule has 0 aliphatic heterocycles. The van der Waals surface area contributed by atoms with Crippen LogP contribution < -0.4 is 11.3 Å². The third-order valence-corrected chi connectivity index (χ3v) is 4.65. The lowest BCUT2D eigenvalue weighted by molar-refractivity contribution is -0.145. The number of carbonyl (C=O) groups excluding carboxylic acids is 1. The van der Waals surface area contributed by atoms with E-state index in [9.17, 15) is 14.4 Å². The van der Waals surface area contributed by atoms with E-state index >= 15 is 0 Å². The molecule has 0 fully saturated rings. The van der Waals surface area contributed by atoms with E-state index in [4.69, 9.17) is 14.4 Å². The summed E-state index contributed by atoms with van der Waals surface area (Å²) in [7, 11) is 0. The first-order valence-electron chi connectivity index (χ1n) is 9.18. The fraction of sp³-hybridized carbons (Fsp3) is 0.190. The first-order valence-corrected chi connectivity index (χ1v) is 9.18. The Labute approximate surface area is 169 Å². The van der Waals surface area contributed by atoms with Gasteiger partial charge in [0.25, 0.3) is 5.56 Å². The third-order valence-electron chi connectivity index (χ3n) is 4.65. The highest BCUT2D eigenvalue weighted by atomic mass is 16.5. The molecule has 0 saturated heterocycles. The predicted octanol–water partition coefficient (Wildman–Crippen LogP) is 1.96. The monoisotopic (exact) mass is 404 g/mol. The second-order valence-electron chi connectivity index (χ2n) is 6.49. The molecule has 9 nitrogen and oxygen atoms in total. The van der Waals surface area contributed by atoms with Gasteiger partial charge in [-0.2, -0.15) is 5.26 Å². The summed E-state index contributed by atoms with van der Waals surface area (Å²) in [5, 5.41) is 9.42. The van der Waals surface area contributed by atoms with Crippen molar-refractivity contribution in [3.8, 4) is 6.07 Å². The van der Waals surface area contributed by atoms with Gasteiger partial charge in [-0.25, -0.2) is 9.78 Å². The van der Waals surface area contributed by atoms with Crippen LogP contribution in [0.4, 0.5) is 0 Å². The molecule has 0 bridgehead atoms. The van der Waals surface area contributed by atoms with E-state index < -0.39 is 11.7 Å². The van der Waals surface area contributed by atoms with Crippen molar-refractivity contribution in [1.82, 2.24) is 14.1 Å². The number of rotatable bonds is 6. The van der Waals surface area contributed by atoms with Gasteiger partial charge in [-0.15, -0.1) is 0 Å². The first-order chi connectivity index (χ1) is 14.6. The Hall–Kier alpha value is -4.19. The smallest absolute Gasteiger partial charge is 0.419 e. The molecule has 4 rings (SSSR count). The van der Waals surface area contributed by atoms with Gasteiger partial charge in [0.2, 0.25) is 0 Å². The second kappa shape index (κ2) is 8.05. The van der Waals surface area contributed by atoms with Gasteiger partial charge >= 0.3 is 11.7 Å². The number of benzene rings is 2. The maximum Gasteiger partial charge on any atom is 0.419 e. The molecule has 2 aromatic carbocycles. The van der Waals surface area contributed by atoms with E-state index in [1.54, 1.807) is 48.5 Å². The molecular formula is C21H16N4O5. The van der Waals surface area contributed by atoms with E-state index in [0.717, 1.165) is 0 Å². The molecule has 0 radical (unpaired) electrons. The largest absolute Gasteiger partial charge is 0.457 e. The number of hydrogen-bond acceptors (Lipinski definition) is 7. The number of hydrogen-bond donors (Lipinski definition) is 0. The van der Waals surface area contributed by atoms with Crippen LogP contribution in [-0.2, 0) is 29.2 Å². The Kier molecular flexibility index (Phi) is 5.13. The zero-order valence-corrected chi connectivity index (χ0v) is 15.8. The maximum atomic E-state index is 12.6. The lowest BCUT2D eigenvalue weighted by Gasteiger charge is -2.11. The Morgan fingerprint density at radius 1 is 1.10 bits per heavy atom. The van der Waals surface area contributed by atoms with E-state index in [0.29, 0.717) is 22.0 Å². The van der Waals surface area contributed by atoms with E-state index in [1.165, 1.54) is 9.13 Å². The number of nitriles is 1. The van der Waals surface area contributed by atoms with Gasteiger partial charge in [0.1, 0.15) is 13.2 Å². The van der Waals surface area contributed by atoms with Crippen LogP contribution in [0.3, 0.4) is 0 Å². The lowest BCUT2D eigenvalue weighted by atomic mass is 10.2. The minimum Gasteiger partial charge on any atom is -0.457 e. The number of para-hydroxylation sites is 3. The number of fused-ring (bicyclic) bond motifs is 2. The Morgan fingerprint density at radius 2 is 1.87 bits per heavy atom. The summed E-state index contributed by atoms with van der Waals surface area (Å²) < 4.78 is 12.9. The van der Waals surface area contributed by atoms with Crippen LogP contribution >= 0.6 is 0 Å². The van der Waals surface area contributed by atoms with Crippen molar-refractivity contribution in [2.75, 3.05) is 0 Å². The summed E-state index contributed by atoms with van der Waals surface area (Å²) in [5.74, 6) is -0.944. The average Bonchev–Trinajstić information content (AvgIpc) is 3.08. The molecule has 30 heavy (non-hydrogen) atoms. The molecular weight excluding hydrogens is 388 g/mol. The van der Waals surface area contributed by atoms with Crippen LogP contribution in [0.25, 0.3) is 22.0 Å². The minimum absolute atomic E-state index is 0.0699. The van der Waals surface area contributed by atoms with Crippen LogP contribution in [0.2, 0.25) is 0 Å². The summed E-state index contributed by atoms with van der Waals surface area (Å²) >= 11 is 0. The molecule has 0 unspecified atom stereocenters. The van der Waals surface area contributed by atoms with Gasteiger partial charge in [-0.3, -0.25) is 18.7 Å². The number of aryl methyl sites for hydroxylation is 1. The van der Waals surface area contributed by atoms with Crippen LogP contribution in [0.1, 0.15) is 12.2 Å². The third kappa shape index (κ3) is 3.58. The van der Waals surface area contributed by atoms with Gasteiger partial charge in [0.05, 0.1) is 28.9 Å². The van der Waals surface area contributed by atoms with E-state index in [2.05, 4.69) is 4.98 Å². The number of aromatic nitrogens is 3. The quantitative estimate of drug-likeness (QED) is 0.451. The SMILES string of the molecule is N#CCn1c(COC(=O)CCn2c(=O)oc3ccccc32)nc2ccccc2c1=O. The Bertz CT molecular complexity index is 1410. The summed E-state index contributed by atoms with van der Waals surface area (Å²) in [5.41, 5.74) is 1.12. The lowest BCUT2D eigenvalue weighted by Crippen LogP contribution is -2.26. The standard InChI is InChI=1S/C21H16N4O5/c22-10-12-25-18(23-15-6-2-1-5-14(15)20(25)27)13-29-19(26)9-11-24-16-7-3-4-8-17(16)30-21(24)28/h1-8H,9,11-13H2. The van der Waals surface area contributed by atoms with Crippen molar-refractivity contribution in [1.29, 1.82) is 5.26 Å². The molecule has 2 heterocycles. The second-order valence-corrected chi connectivity index (χ2v) is 6.49. The number of oxazole rings is 1. The molecule has 0 spiro atoms. The molecule has 9 heteroatoms. The zero-order chi connectivity index (χ0) is 21.1. The fourth-order valence-corrected chi connectivity index (χ4v) is 3.20. The highest BCUT2D eigenvalue weighted by Gasteiger charge is 2.14. The molecule has 0 aliphatic rings. The van der Waals surface area contributed by atoms with Crippen LogP contribution in [0.15, 0.2) is 62.5 Å². The van der Waals surface area contributed by atoms with Gasteiger partial charge in [0.15, 0.2) is 11.4 Å². The van der Waals surface area contributed by atoms with Gasteiger partial charge < -0.3 is 9.15 Å². The zero-order valence-electron chi connectivity index (χ0n) is 15.8. The van der Waals surface area contributed by atoms with Crippen molar-refractivity contribution in [3.05, 3.63) is 75.3 Å². The normalized spacial score (nSPS) is 10.9. The average molecular weight is 404 g/mol. The molecule has 0 aliphatic carbocycles. The van der Waals surface area contributed by atoms with Crippen molar-refractivity contribution < 1.29 is 13.9 Å². The van der Waals surface area contributed by atoms with E-state index in [1.807, 2.05) is 6.07 Å². The van der Waals surface area contributed by atoms with Gasteiger partial charge in [-0.1, -0.05) is 24.3 Å². The maximum absolute atomic E-state index is 12.6. The summed E-state index contributed by atoms with van der Waals surface area (Å²) in [6.45, 7) is -0.383.